The molecule has 0 bridgehead atoms. The van der Waals surface area contributed by atoms with Gasteiger partial charge < -0.3 is 13.9 Å². The van der Waals surface area contributed by atoms with Crippen LogP contribution in [0.15, 0.2) is 27.5 Å². The van der Waals surface area contributed by atoms with Gasteiger partial charge in [0.15, 0.2) is 0 Å². The van der Waals surface area contributed by atoms with Crippen LogP contribution in [0.5, 0.6) is 5.75 Å². The minimum atomic E-state index is -0.457. The summed E-state index contributed by atoms with van der Waals surface area (Å²) in [6.45, 7) is 2.02. The Morgan fingerprint density at radius 2 is 2.17 bits per heavy atom. The summed E-state index contributed by atoms with van der Waals surface area (Å²) in [6, 6.07) is 5.50. The van der Waals surface area contributed by atoms with E-state index < -0.39 is 5.97 Å². The van der Waals surface area contributed by atoms with Crippen LogP contribution >= 0.6 is 11.8 Å². The molecule has 0 amide bonds. The van der Waals surface area contributed by atoms with E-state index in [4.69, 9.17) is 13.9 Å². The van der Waals surface area contributed by atoms with Crippen LogP contribution in [0.3, 0.4) is 0 Å². The molecule has 0 saturated heterocycles. The number of esters is 1. The van der Waals surface area contributed by atoms with Crippen LogP contribution < -0.4 is 4.74 Å². The molecule has 18 heavy (non-hydrogen) atoms. The first-order valence-electron chi connectivity index (χ1n) is 5.53. The van der Waals surface area contributed by atoms with Gasteiger partial charge in [-0.15, -0.1) is 11.8 Å². The number of hydrogen-bond donors (Lipinski definition) is 0. The molecule has 2 rings (SSSR count). The summed E-state index contributed by atoms with van der Waals surface area (Å²) in [5.74, 6) is 1.35. The van der Waals surface area contributed by atoms with E-state index in [1.54, 1.807) is 24.9 Å². The zero-order valence-corrected chi connectivity index (χ0v) is 11.3. The van der Waals surface area contributed by atoms with Crippen LogP contribution in [0.1, 0.15) is 17.5 Å². The standard InChI is InChI=1S/C13H14O4S/c1-4-18-12-9-6-5-8(15-2)7-10(9)17-11(12)13(14)16-3/h5-7H,4H2,1-3H3. The molecule has 2 aromatic rings. The summed E-state index contributed by atoms with van der Waals surface area (Å²) in [7, 11) is 2.93. The van der Waals surface area contributed by atoms with E-state index in [1.165, 1.54) is 7.11 Å². The second-order valence-corrected chi connectivity index (χ2v) is 4.82. The van der Waals surface area contributed by atoms with Crippen molar-refractivity contribution in [1.82, 2.24) is 0 Å². The molecule has 0 aliphatic heterocycles. The number of thioether (sulfide) groups is 1. The molecule has 0 N–H and O–H groups in total. The fraction of sp³-hybridized carbons (Fsp3) is 0.308. The summed E-state index contributed by atoms with van der Waals surface area (Å²) in [5.41, 5.74) is 0.630. The van der Waals surface area contributed by atoms with Crippen molar-refractivity contribution in [1.29, 1.82) is 0 Å². The predicted molar refractivity (Wildman–Crippen MR) is 70.5 cm³/mol. The van der Waals surface area contributed by atoms with Gasteiger partial charge in [0.25, 0.3) is 0 Å². The van der Waals surface area contributed by atoms with E-state index in [-0.39, 0.29) is 5.76 Å². The molecule has 1 heterocycles. The Labute approximate surface area is 109 Å². The predicted octanol–water partition coefficient (Wildman–Crippen LogP) is 3.34. The topological polar surface area (TPSA) is 48.7 Å². The summed E-state index contributed by atoms with van der Waals surface area (Å²) >= 11 is 1.56. The second kappa shape index (κ2) is 5.35. The molecule has 0 unspecified atom stereocenters. The molecule has 1 aromatic heterocycles. The first-order chi connectivity index (χ1) is 8.71. The zero-order valence-electron chi connectivity index (χ0n) is 10.5. The lowest BCUT2D eigenvalue weighted by Crippen LogP contribution is -2.00. The van der Waals surface area contributed by atoms with Gasteiger partial charge in [0.05, 0.1) is 19.1 Å². The molecule has 0 saturated carbocycles. The zero-order chi connectivity index (χ0) is 13.1. The molecule has 0 aliphatic carbocycles. The lowest BCUT2D eigenvalue weighted by Gasteiger charge is -1.99. The Hall–Kier alpha value is -1.62. The highest BCUT2D eigenvalue weighted by molar-refractivity contribution is 7.99. The lowest BCUT2D eigenvalue weighted by molar-refractivity contribution is 0.0562. The van der Waals surface area contributed by atoms with Crippen LogP contribution in [0.2, 0.25) is 0 Å². The number of hydrogen-bond acceptors (Lipinski definition) is 5. The van der Waals surface area contributed by atoms with E-state index in [0.29, 0.717) is 11.3 Å². The van der Waals surface area contributed by atoms with Gasteiger partial charge in [0.2, 0.25) is 5.76 Å². The van der Waals surface area contributed by atoms with Crippen molar-refractivity contribution in [3.8, 4) is 5.75 Å². The summed E-state index contributed by atoms with van der Waals surface area (Å²) < 4.78 is 15.4. The van der Waals surface area contributed by atoms with Gasteiger partial charge in [-0.2, -0.15) is 0 Å². The van der Waals surface area contributed by atoms with Crippen molar-refractivity contribution < 1.29 is 18.7 Å². The Bertz CT molecular complexity index is 574. The maximum absolute atomic E-state index is 11.7. The molecule has 0 radical (unpaired) electrons. The minimum absolute atomic E-state index is 0.257. The molecule has 0 fully saturated rings. The second-order valence-electron chi connectivity index (χ2n) is 3.55. The monoisotopic (exact) mass is 266 g/mol. The van der Waals surface area contributed by atoms with Crippen LogP contribution in [0.25, 0.3) is 11.0 Å². The molecular weight excluding hydrogens is 252 g/mol. The normalized spacial score (nSPS) is 10.6. The van der Waals surface area contributed by atoms with Crippen molar-refractivity contribution in [3.05, 3.63) is 24.0 Å². The Kier molecular flexibility index (Phi) is 3.81. The number of carbonyl (C=O) groups excluding carboxylic acids is 1. The fourth-order valence-electron chi connectivity index (χ4n) is 1.69. The molecule has 0 aliphatic rings. The molecule has 1 aromatic carbocycles. The van der Waals surface area contributed by atoms with Crippen molar-refractivity contribution >= 4 is 28.7 Å². The number of benzene rings is 1. The van der Waals surface area contributed by atoms with Crippen LogP contribution in [0, 0.1) is 0 Å². The van der Waals surface area contributed by atoms with Gasteiger partial charge in [-0.3, -0.25) is 0 Å². The van der Waals surface area contributed by atoms with Crippen molar-refractivity contribution in [2.75, 3.05) is 20.0 Å². The number of ether oxygens (including phenoxy) is 2. The Morgan fingerprint density at radius 3 is 2.78 bits per heavy atom. The summed E-state index contributed by atoms with van der Waals surface area (Å²) in [6.07, 6.45) is 0. The average molecular weight is 266 g/mol. The number of fused-ring (bicyclic) bond motifs is 1. The van der Waals surface area contributed by atoms with Gasteiger partial charge in [-0.1, -0.05) is 6.92 Å². The number of furan rings is 1. The van der Waals surface area contributed by atoms with Crippen molar-refractivity contribution in [2.45, 2.75) is 11.8 Å². The van der Waals surface area contributed by atoms with Crippen molar-refractivity contribution in [3.63, 3.8) is 0 Å². The quantitative estimate of drug-likeness (QED) is 0.627. The fourth-order valence-corrected chi connectivity index (χ4v) is 2.56. The molecule has 0 atom stereocenters. The lowest BCUT2D eigenvalue weighted by atomic mass is 10.2. The first kappa shape index (κ1) is 12.8. The van der Waals surface area contributed by atoms with E-state index in [0.717, 1.165) is 16.0 Å². The highest BCUT2D eigenvalue weighted by Gasteiger charge is 2.21. The molecule has 0 spiro atoms. The van der Waals surface area contributed by atoms with Crippen molar-refractivity contribution in [2.24, 2.45) is 0 Å². The Morgan fingerprint density at radius 1 is 1.39 bits per heavy atom. The van der Waals surface area contributed by atoms with Crippen LogP contribution in [0.4, 0.5) is 0 Å². The molecule has 96 valence electrons. The third-order valence-electron chi connectivity index (χ3n) is 2.51. The van der Waals surface area contributed by atoms with Gasteiger partial charge in [0, 0.05) is 11.5 Å². The smallest absolute Gasteiger partial charge is 0.375 e. The number of methoxy groups -OCH3 is 2. The highest BCUT2D eigenvalue weighted by Crippen LogP contribution is 2.36. The van der Waals surface area contributed by atoms with E-state index in [9.17, 15) is 4.79 Å². The van der Waals surface area contributed by atoms with Gasteiger partial charge in [-0.25, -0.2) is 4.79 Å². The highest BCUT2D eigenvalue weighted by atomic mass is 32.2. The summed E-state index contributed by atoms with van der Waals surface area (Å²) in [4.78, 5) is 12.5. The maximum atomic E-state index is 11.7. The SMILES string of the molecule is CCSc1c(C(=O)OC)oc2cc(OC)ccc12. The van der Waals surface area contributed by atoms with E-state index in [1.807, 2.05) is 19.1 Å². The first-order valence-corrected chi connectivity index (χ1v) is 6.51. The van der Waals surface area contributed by atoms with E-state index >= 15 is 0 Å². The molecular formula is C13H14O4S. The summed E-state index contributed by atoms with van der Waals surface area (Å²) in [5, 5.41) is 0.906. The largest absolute Gasteiger partial charge is 0.497 e. The van der Waals surface area contributed by atoms with Gasteiger partial charge >= 0.3 is 5.97 Å². The number of rotatable bonds is 4. The molecule has 4 nitrogen and oxygen atoms in total. The van der Waals surface area contributed by atoms with E-state index in [2.05, 4.69) is 0 Å². The van der Waals surface area contributed by atoms with Gasteiger partial charge in [0.1, 0.15) is 11.3 Å². The third kappa shape index (κ3) is 2.18. The van der Waals surface area contributed by atoms with Crippen LogP contribution in [-0.2, 0) is 4.74 Å². The minimum Gasteiger partial charge on any atom is -0.497 e. The Balaban J connectivity index is 2.62. The van der Waals surface area contributed by atoms with Gasteiger partial charge in [-0.05, 0) is 17.9 Å². The van der Waals surface area contributed by atoms with Crippen LogP contribution in [-0.4, -0.2) is 25.9 Å². The third-order valence-corrected chi connectivity index (χ3v) is 3.49. The average Bonchev–Trinajstić information content (AvgIpc) is 2.76. The number of carbonyl (C=O) groups is 1. The maximum Gasteiger partial charge on any atom is 0.375 e. The molecule has 5 heteroatoms.